The molecule has 2 N–H and O–H groups in total. The van der Waals surface area contributed by atoms with Crippen molar-refractivity contribution in [1.82, 2.24) is 0 Å². The third-order valence-electron chi connectivity index (χ3n) is 1.81. The molecule has 1 aromatic carbocycles. The Morgan fingerprint density at radius 3 is 2.31 bits per heavy atom. The van der Waals surface area contributed by atoms with Crippen LogP contribution in [0.3, 0.4) is 0 Å². The lowest BCUT2D eigenvalue weighted by Gasteiger charge is -2.03. The maximum atomic E-state index is 5.43. The molecule has 0 bridgehead atoms. The van der Waals surface area contributed by atoms with Gasteiger partial charge in [-0.1, -0.05) is 29.3 Å². The Balaban J connectivity index is 2.56. The minimum atomic E-state index is 0.773. The average molecular weight is 195 g/mol. The van der Waals surface area contributed by atoms with Crippen LogP contribution in [-0.4, -0.2) is 12.3 Å². The molecule has 0 aliphatic carbocycles. The Morgan fingerprint density at radius 2 is 1.77 bits per heavy atom. The lowest BCUT2D eigenvalue weighted by Crippen LogP contribution is -2.01. The molecule has 0 radical (unpaired) electrons. The first kappa shape index (κ1) is 10.6. The van der Waals surface area contributed by atoms with E-state index in [9.17, 15) is 0 Å². The Bertz CT molecular complexity index is 251. The zero-order chi connectivity index (χ0) is 9.68. The van der Waals surface area contributed by atoms with Crippen molar-refractivity contribution >= 4 is 11.8 Å². The van der Waals surface area contributed by atoms with Crippen LogP contribution in [0.25, 0.3) is 0 Å². The fraction of sp³-hybridized carbons (Fsp3) is 0.455. The highest BCUT2D eigenvalue weighted by Gasteiger charge is 1.95. The van der Waals surface area contributed by atoms with Crippen molar-refractivity contribution in [2.75, 3.05) is 12.3 Å². The Hall–Kier alpha value is -0.470. The van der Waals surface area contributed by atoms with Gasteiger partial charge in [0.25, 0.3) is 0 Å². The largest absolute Gasteiger partial charge is 0.330 e. The van der Waals surface area contributed by atoms with Crippen molar-refractivity contribution in [2.45, 2.75) is 19.6 Å². The maximum absolute atomic E-state index is 5.43. The summed E-state index contributed by atoms with van der Waals surface area (Å²) in [5, 5.41) is 0. The zero-order valence-electron chi connectivity index (χ0n) is 8.34. The van der Waals surface area contributed by atoms with E-state index in [1.807, 2.05) is 11.8 Å². The van der Waals surface area contributed by atoms with Gasteiger partial charge in [-0.05, 0) is 19.4 Å². The molecule has 1 rings (SSSR count). The minimum Gasteiger partial charge on any atom is -0.330 e. The fourth-order valence-electron chi connectivity index (χ4n) is 1.43. The van der Waals surface area contributed by atoms with Crippen LogP contribution in [-0.2, 0) is 5.75 Å². The summed E-state index contributed by atoms with van der Waals surface area (Å²) < 4.78 is 0. The first-order chi connectivity index (χ1) is 6.22. The molecular weight excluding hydrogens is 178 g/mol. The Morgan fingerprint density at radius 1 is 1.15 bits per heavy atom. The molecule has 2 heteroatoms. The minimum absolute atomic E-state index is 0.773. The molecule has 0 saturated heterocycles. The second-order valence-corrected chi connectivity index (χ2v) is 4.44. The van der Waals surface area contributed by atoms with Gasteiger partial charge < -0.3 is 5.73 Å². The van der Waals surface area contributed by atoms with Crippen LogP contribution in [0.4, 0.5) is 0 Å². The van der Waals surface area contributed by atoms with Gasteiger partial charge in [0.1, 0.15) is 0 Å². The van der Waals surface area contributed by atoms with Gasteiger partial charge >= 0.3 is 0 Å². The summed E-state index contributed by atoms with van der Waals surface area (Å²) in [5.41, 5.74) is 9.55. The maximum Gasteiger partial charge on any atom is 0.0185 e. The molecule has 0 fully saturated rings. The van der Waals surface area contributed by atoms with Gasteiger partial charge in [0.2, 0.25) is 0 Å². The number of nitrogens with two attached hydrogens (primary N) is 1. The quantitative estimate of drug-likeness (QED) is 0.747. The summed E-state index contributed by atoms with van der Waals surface area (Å²) in [6.07, 6.45) is 0. The van der Waals surface area contributed by atoms with E-state index in [4.69, 9.17) is 5.73 Å². The third-order valence-corrected chi connectivity index (χ3v) is 2.87. The third kappa shape index (κ3) is 3.83. The molecule has 0 unspecified atom stereocenters. The van der Waals surface area contributed by atoms with E-state index in [0.717, 1.165) is 18.1 Å². The van der Waals surface area contributed by atoms with Crippen molar-refractivity contribution in [2.24, 2.45) is 5.73 Å². The van der Waals surface area contributed by atoms with Crippen LogP contribution in [0.1, 0.15) is 16.7 Å². The van der Waals surface area contributed by atoms with Crippen LogP contribution in [0, 0.1) is 13.8 Å². The highest BCUT2D eigenvalue weighted by Crippen LogP contribution is 2.15. The van der Waals surface area contributed by atoms with Crippen LogP contribution in [0.2, 0.25) is 0 Å². The molecule has 0 saturated carbocycles. The van der Waals surface area contributed by atoms with Gasteiger partial charge in [0, 0.05) is 18.1 Å². The van der Waals surface area contributed by atoms with Crippen LogP contribution >= 0.6 is 11.8 Å². The van der Waals surface area contributed by atoms with E-state index in [1.165, 1.54) is 16.7 Å². The first-order valence-corrected chi connectivity index (χ1v) is 5.73. The Kier molecular flexibility index (Phi) is 4.33. The van der Waals surface area contributed by atoms with E-state index in [0.29, 0.717) is 0 Å². The van der Waals surface area contributed by atoms with Gasteiger partial charge in [0.15, 0.2) is 0 Å². The molecule has 1 aromatic rings. The average Bonchev–Trinajstić information content (AvgIpc) is 2.03. The monoisotopic (exact) mass is 195 g/mol. The number of hydrogen-bond acceptors (Lipinski definition) is 2. The molecule has 0 heterocycles. The summed E-state index contributed by atoms with van der Waals surface area (Å²) in [5.74, 6) is 2.13. The highest BCUT2D eigenvalue weighted by atomic mass is 32.2. The van der Waals surface area contributed by atoms with Crippen LogP contribution in [0.5, 0.6) is 0 Å². The zero-order valence-corrected chi connectivity index (χ0v) is 9.16. The predicted octanol–water partition coefficient (Wildman–Crippen LogP) is 2.50. The normalized spacial score (nSPS) is 10.4. The highest BCUT2D eigenvalue weighted by molar-refractivity contribution is 7.98. The first-order valence-electron chi connectivity index (χ1n) is 4.57. The molecule has 0 amide bonds. The molecule has 13 heavy (non-hydrogen) atoms. The number of benzene rings is 1. The van der Waals surface area contributed by atoms with E-state index >= 15 is 0 Å². The van der Waals surface area contributed by atoms with Gasteiger partial charge in [-0.25, -0.2) is 0 Å². The van der Waals surface area contributed by atoms with Gasteiger partial charge in [-0.15, -0.1) is 0 Å². The van der Waals surface area contributed by atoms with Crippen LogP contribution in [0.15, 0.2) is 18.2 Å². The SMILES string of the molecule is Cc1cc(C)cc(CSCCN)c1. The summed E-state index contributed by atoms with van der Waals surface area (Å²) in [4.78, 5) is 0. The van der Waals surface area contributed by atoms with E-state index < -0.39 is 0 Å². The topological polar surface area (TPSA) is 26.0 Å². The number of aryl methyl sites for hydroxylation is 2. The molecule has 72 valence electrons. The molecule has 1 nitrogen and oxygen atoms in total. The standard InChI is InChI=1S/C11H17NS/c1-9-5-10(2)7-11(6-9)8-13-4-3-12/h5-7H,3-4,8,12H2,1-2H3. The molecule has 0 spiro atoms. The molecule has 0 atom stereocenters. The van der Waals surface area contributed by atoms with E-state index in [2.05, 4.69) is 32.0 Å². The van der Waals surface area contributed by atoms with Gasteiger partial charge in [0.05, 0.1) is 0 Å². The van der Waals surface area contributed by atoms with Gasteiger partial charge in [-0.3, -0.25) is 0 Å². The molecule has 0 aromatic heterocycles. The van der Waals surface area contributed by atoms with Crippen molar-refractivity contribution in [3.63, 3.8) is 0 Å². The number of thioether (sulfide) groups is 1. The van der Waals surface area contributed by atoms with Crippen molar-refractivity contribution in [3.05, 3.63) is 34.9 Å². The molecular formula is C11H17NS. The van der Waals surface area contributed by atoms with Crippen molar-refractivity contribution in [1.29, 1.82) is 0 Å². The lowest BCUT2D eigenvalue weighted by molar-refractivity contribution is 1.15. The summed E-state index contributed by atoms with van der Waals surface area (Å²) in [7, 11) is 0. The summed E-state index contributed by atoms with van der Waals surface area (Å²) in [6.45, 7) is 5.06. The summed E-state index contributed by atoms with van der Waals surface area (Å²) in [6, 6.07) is 6.70. The van der Waals surface area contributed by atoms with E-state index in [-0.39, 0.29) is 0 Å². The predicted molar refractivity (Wildman–Crippen MR) is 61.1 cm³/mol. The lowest BCUT2D eigenvalue weighted by atomic mass is 10.1. The van der Waals surface area contributed by atoms with Gasteiger partial charge in [-0.2, -0.15) is 11.8 Å². The smallest absolute Gasteiger partial charge is 0.0185 e. The second kappa shape index (κ2) is 5.30. The van der Waals surface area contributed by atoms with Crippen molar-refractivity contribution in [3.8, 4) is 0 Å². The number of rotatable bonds is 4. The molecule has 0 aliphatic rings. The second-order valence-electron chi connectivity index (χ2n) is 3.34. The van der Waals surface area contributed by atoms with Crippen molar-refractivity contribution < 1.29 is 0 Å². The Labute approximate surface area is 84.7 Å². The van der Waals surface area contributed by atoms with E-state index in [1.54, 1.807) is 0 Å². The number of hydrogen-bond donors (Lipinski definition) is 1. The molecule has 0 aliphatic heterocycles. The van der Waals surface area contributed by atoms with Crippen LogP contribution < -0.4 is 5.73 Å². The fourth-order valence-corrected chi connectivity index (χ4v) is 2.14. The summed E-state index contributed by atoms with van der Waals surface area (Å²) >= 11 is 1.90.